The van der Waals surface area contributed by atoms with Crippen molar-refractivity contribution in [1.29, 1.82) is 0 Å². The Bertz CT molecular complexity index is 173. The van der Waals surface area contributed by atoms with Crippen molar-refractivity contribution >= 4 is 0 Å². The maximum atomic E-state index is 5.65. The van der Waals surface area contributed by atoms with E-state index in [4.69, 9.17) is 4.74 Å². The molecule has 0 radical (unpaired) electrons. The van der Waals surface area contributed by atoms with E-state index in [1.807, 2.05) is 0 Å². The van der Waals surface area contributed by atoms with Crippen molar-refractivity contribution in [3.63, 3.8) is 0 Å². The number of rotatable bonds is 0. The second-order valence-electron chi connectivity index (χ2n) is 5.02. The molecule has 2 fully saturated rings. The van der Waals surface area contributed by atoms with E-state index in [2.05, 4.69) is 19.2 Å². The summed E-state index contributed by atoms with van der Waals surface area (Å²) >= 11 is 0. The summed E-state index contributed by atoms with van der Waals surface area (Å²) in [4.78, 5) is 0. The minimum atomic E-state index is 0.337. The lowest BCUT2D eigenvalue weighted by molar-refractivity contribution is -0.0184. The van der Waals surface area contributed by atoms with Gasteiger partial charge in [-0.2, -0.15) is 0 Å². The largest absolute Gasteiger partial charge is 0.378 e. The lowest BCUT2D eigenvalue weighted by Gasteiger charge is -2.45. The van der Waals surface area contributed by atoms with Crippen LogP contribution in [-0.4, -0.2) is 24.8 Å². The molecule has 1 atom stereocenters. The third-order valence-electron chi connectivity index (χ3n) is 3.53. The molecule has 1 spiro atoms. The van der Waals surface area contributed by atoms with Gasteiger partial charge >= 0.3 is 0 Å². The number of nitrogens with one attached hydrogen (secondary N) is 1. The Morgan fingerprint density at radius 3 is 2.54 bits per heavy atom. The van der Waals surface area contributed by atoms with E-state index in [1.54, 1.807) is 0 Å². The third-order valence-corrected chi connectivity index (χ3v) is 3.53. The zero-order chi connectivity index (χ0) is 9.31. The van der Waals surface area contributed by atoms with Crippen LogP contribution in [0.15, 0.2) is 0 Å². The molecular formula is C11H21NO. The third kappa shape index (κ3) is 2.05. The average molecular weight is 183 g/mol. The normalized spacial score (nSPS) is 46.6. The molecule has 1 heterocycles. The summed E-state index contributed by atoms with van der Waals surface area (Å²) < 4.78 is 5.65. The SMILES string of the molecule is CC1CCC2(CC1)COCC(C)N2. The quantitative estimate of drug-likeness (QED) is 0.619. The molecule has 13 heavy (non-hydrogen) atoms. The van der Waals surface area contributed by atoms with E-state index in [-0.39, 0.29) is 0 Å². The van der Waals surface area contributed by atoms with Crippen molar-refractivity contribution in [2.45, 2.75) is 51.1 Å². The van der Waals surface area contributed by atoms with Gasteiger partial charge in [0.05, 0.1) is 13.2 Å². The molecule has 1 saturated carbocycles. The van der Waals surface area contributed by atoms with Crippen molar-refractivity contribution in [3.8, 4) is 0 Å². The Hall–Kier alpha value is -0.0800. The zero-order valence-corrected chi connectivity index (χ0v) is 8.81. The molecule has 2 aliphatic rings. The molecule has 0 amide bonds. The lowest BCUT2D eigenvalue weighted by atomic mass is 9.76. The highest BCUT2D eigenvalue weighted by molar-refractivity contribution is 4.95. The van der Waals surface area contributed by atoms with Crippen LogP contribution in [0.3, 0.4) is 0 Å². The van der Waals surface area contributed by atoms with Gasteiger partial charge in [-0.15, -0.1) is 0 Å². The van der Waals surface area contributed by atoms with Gasteiger partial charge in [-0.3, -0.25) is 0 Å². The first-order valence-electron chi connectivity index (χ1n) is 5.56. The first-order chi connectivity index (χ1) is 6.20. The molecule has 0 aromatic carbocycles. The Balaban J connectivity index is 1.95. The van der Waals surface area contributed by atoms with Crippen LogP contribution in [0.4, 0.5) is 0 Å². The highest BCUT2D eigenvalue weighted by Crippen LogP contribution is 2.33. The van der Waals surface area contributed by atoms with Gasteiger partial charge in [-0.05, 0) is 38.5 Å². The molecule has 1 N–H and O–H groups in total. The molecule has 76 valence electrons. The minimum Gasteiger partial charge on any atom is -0.378 e. The highest BCUT2D eigenvalue weighted by Gasteiger charge is 2.37. The summed E-state index contributed by atoms with van der Waals surface area (Å²) in [5, 5.41) is 3.73. The minimum absolute atomic E-state index is 0.337. The van der Waals surface area contributed by atoms with Gasteiger partial charge in [0.25, 0.3) is 0 Å². The first kappa shape index (κ1) is 9.47. The van der Waals surface area contributed by atoms with Crippen LogP contribution in [0.1, 0.15) is 39.5 Å². The van der Waals surface area contributed by atoms with Crippen molar-refractivity contribution in [2.75, 3.05) is 13.2 Å². The van der Waals surface area contributed by atoms with Gasteiger partial charge in [0.15, 0.2) is 0 Å². The summed E-state index contributed by atoms with van der Waals surface area (Å²) in [5.41, 5.74) is 0.337. The second-order valence-corrected chi connectivity index (χ2v) is 5.02. The smallest absolute Gasteiger partial charge is 0.0649 e. The first-order valence-corrected chi connectivity index (χ1v) is 5.56. The Morgan fingerprint density at radius 2 is 1.92 bits per heavy atom. The maximum absolute atomic E-state index is 5.65. The van der Waals surface area contributed by atoms with E-state index in [0.717, 1.165) is 19.1 Å². The van der Waals surface area contributed by atoms with Crippen LogP contribution >= 0.6 is 0 Å². The molecule has 1 aliphatic heterocycles. The fraction of sp³-hybridized carbons (Fsp3) is 1.00. The van der Waals surface area contributed by atoms with Crippen LogP contribution in [0, 0.1) is 5.92 Å². The fourth-order valence-corrected chi connectivity index (χ4v) is 2.64. The Labute approximate surface area is 81.0 Å². The Morgan fingerprint density at radius 1 is 1.23 bits per heavy atom. The van der Waals surface area contributed by atoms with Crippen LogP contribution in [0.5, 0.6) is 0 Å². The average Bonchev–Trinajstić information content (AvgIpc) is 2.11. The van der Waals surface area contributed by atoms with Gasteiger partial charge in [0.1, 0.15) is 0 Å². The fourth-order valence-electron chi connectivity index (χ4n) is 2.64. The van der Waals surface area contributed by atoms with Gasteiger partial charge in [-0.25, -0.2) is 0 Å². The molecule has 0 aromatic heterocycles. The van der Waals surface area contributed by atoms with Crippen molar-refractivity contribution in [3.05, 3.63) is 0 Å². The molecule has 2 nitrogen and oxygen atoms in total. The molecule has 0 bridgehead atoms. The summed E-state index contributed by atoms with van der Waals surface area (Å²) in [7, 11) is 0. The van der Waals surface area contributed by atoms with E-state index in [1.165, 1.54) is 25.7 Å². The predicted molar refractivity (Wildman–Crippen MR) is 53.8 cm³/mol. The molecular weight excluding hydrogens is 162 g/mol. The summed E-state index contributed by atoms with van der Waals surface area (Å²) in [5.74, 6) is 0.921. The molecule has 1 unspecified atom stereocenters. The van der Waals surface area contributed by atoms with Gasteiger partial charge in [0.2, 0.25) is 0 Å². The summed E-state index contributed by atoms with van der Waals surface area (Å²) in [6, 6.07) is 0.544. The highest BCUT2D eigenvalue weighted by atomic mass is 16.5. The molecule has 0 aromatic rings. The van der Waals surface area contributed by atoms with Crippen LogP contribution in [-0.2, 0) is 4.74 Å². The van der Waals surface area contributed by atoms with Crippen LogP contribution < -0.4 is 5.32 Å². The second kappa shape index (κ2) is 3.58. The molecule has 1 aliphatic carbocycles. The lowest BCUT2D eigenvalue weighted by Crippen LogP contribution is -2.59. The maximum Gasteiger partial charge on any atom is 0.0649 e. The monoisotopic (exact) mass is 183 g/mol. The number of hydrogen-bond donors (Lipinski definition) is 1. The van der Waals surface area contributed by atoms with Crippen molar-refractivity contribution in [1.82, 2.24) is 5.32 Å². The van der Waals surface area contributed by atoms with Gasteiger partial charge < -0.3 is 10.1 Å². The van der Waals surface area contributed by atoms with E-state index in [0.29, 0.717) is 11.6 Å². The summed E-state index contributed by atoms with van der Waals surface area (Å²) in [6.07, 6.45) is 5.34. The van der Waals surface area contributed by atoms with Crippen molar-refractivity contribution < 1.29 is 4.74 Å². The van der Waals surface area contributed by atoms with E-state index >= 15 is 0 Å². The van der Waals surface area contributed by atoms with Crippen LogP contribution in [0.2, 0.25) is 0 Å². The molecule has 2 heteroatoms. The van der Waals surface area contributed by atoms with Gasteiger partial charge in [0, 0.05) is 11.6 Å². The number of hydrogen-bond acceptors (Lipinski definition) is 2. The van der Waals surface area contributed by atoms with E-state index < -0.39 is 0 Å². The summed E-state index contributed by atoms with van der Waals surface area (Å²) in [6.45, 7) is 6.40. The molecule has 1 saturated heterocycles. The zero-order valence-electron chi connectivity index (χ0n) is 8.81. The molecule has 2 rings (SSSR count). The Kier molecular flexibility index (Phi) is 2.61. The number of morpholine rings is 1. The van der Waals surface area contributed by atoms with Crippen LogP contribution in [0.25, 0.3) is 0 Å². The van der Waals surface area contributed by atoms with E-state index in [9.17, 15) is 0 Å². The number of ether oxygens (including phenoxy) is 1. The predicted octanol–water partition coefficient (Wildman–Crippen LogP) is 1.94. The topological polar surface area (TPSA) is 21.3 Å². The van der Waals surface area contributed by atoms with Crippen molar-refractivity contribution in [2.24, 2.45) is 5.92 Å². The standard InChI is InChI=1S/C11H21NO/c1-9-3-5-11(6-4-9)8-13-7-10(2)12-11/h9-10,12H,3-8H2,1-2H3. The van der Waals surface area contributed by atoms with Gasteiger partial charge in [-0.1, -0.05) is 6.92 Å².